The van der Waals surface area contributed by atoms with Gasteiger partial charge in [-0.15, -0.1) is 0 Å². The van der Waals surface area contributed by atoms with Gasteiger partial charge in [-0.05, 0) is 19.3 Å². The van der Waals surface area contributed by atoms with E-state index in [1.165, 1.54) is 4.90 Å². The molecule has 0 aliphatic rings. The monoisotopic (exact) mass is 274 g/mol. The van der Waals surface area contributed by atoms with Gasteiger partial charge in [0.15, 0.2) is 0 Å². The van der Waals surface area contributed by atoms with Crippen molar-refractivity contribution in [3.63, 3.8) is 0 Å². The molecule has 1 amide bonds. The van der Waals surface area contributed by atoms with E-state index < -0.39 is 12.0 Å². The number of ether oxygens (including phenoxy) is 2. The van der Waals surface area contributed by atoms with Crippen molar-refractivity contribution in [3.8, 4) is 0 Å². The summed E-state index contributed by atoms with van der Waals surface area (Å²) in [7, 11) is 1.54. The predicted molar refractivity (Wildman–Crippen MR) is 72.5 cm³/mol. The largest absolute Gasteiger partial charge is 0.465 e. The van der Waals surface area contributed by atoms with Gasteiger partial charge < -0.3 is 20.1 Å². The maximum absolute atomic E-state index is 12.2. The third-order valence-corrected chi connectivity index (χ3v) is 2.54. The van der Waals surface area contributed by atoms with Gasteiger partial charge in [0.05, 0.1) is 19.3 Å². The molecule has 0 aromatic heterocycles. The van der Waals surface area contributed by atoms with Crippen LogP contribution in [-0.4, -0.2) is 56.2 Å². The molecule has 0 heterocycles. The molecule has 0 bridgehead atoms. The van der Waals surface area contributed by atoms with Crippen LogP contribution in [-0.2, 0) is 19.1 Å². The zero-order valence-corrected chi connectivity index (χ0v) is 12.3. The Bertz CT molecular complexity index is 282. The van der Waals surface area contributed by atoms with Gasteiger partial charge in [-0.3, -0.25) is 9.59 Å². The van der Waals surface area contributed by atoms with Crippen LogP contribution in [0, 0.1) is 5.92 Å². The van der Waals surface area contributed by atoms with E-state index in [-0.39, 0.29) is 12.5 Å². The van der Waals surface area contributed by atoms with Crippen LogP contribution in [0.1, 0.15) is 27.2 Å². The molecule has 0 spiro atoms. The standard InChI is InChI=1S/C13H26N2O4/c1-5-19-12(16)9-15(6-7-18-4)13(17)11(14)8-10(2)3/h10-11H,5-9,14H2,1-4H3/t11-/m0/s1. The van der Waals surface area contributed by atoms with Crippen molar-refractivity contribution in [1.82, 2.24) is 4.90 Å². The number of carbonyl (C=O) groups excluding carboxylic acids is 2. The average Bonchev–Trinajstić information content (AvgIpc) is 2.33. The van der Waals surface area contributed by atoms with Crippen molar-refractivity contribution in [2.24, 2.45) is 11.7 Å². The van der Waals surface area contributed by atoms with Crippen LogP contribution < -0.4 is 5.73 Å². The summed E-state index contributed by atoms with van der Waals surface area (Å²) < 4.78 is 9.79. The van der Waals surface area contributed by atoms with E-state index >= 15 is 0 Å². The number of nitrogens with zero attached hydrogens (tertiary/aromatic N) is 1. The third kappa shape index (κ3) is 7.79. The summed E-state index contributed by atoms with van der Waals surface area (Å²) in [5.41, 5.74) is 5.86. The molecule has 0 saturated carbocycles. The average molecular weight is 274 g/mol. The predicted octanol–water partition coefficient (Wildman–Crippen LogP) is 0.398. The van der Waals surface area contributed by atoms with Crippen LogP contribution in [0.2, 0.25) is 0 Å². The van der Waals surface area contributed by atoms with Gasteiger partial charge in [0.25, 0.3) is 0 Å². The molecule has 19 heavy (non-hydrogen) atoms. The summed E-state index contributed by atoms with van der Waals surface area (Å²) in [5.74, 6) is -0.340. The molecule has 0 radical (unpaired) electrons. The minimum atomic E-state index is -0.591. The Kier molecular flexibility index (Phi) is 9.16. The molecule has 0 aliphatic carbocycles. The van der Waals surface area contributed by atoms with Gasteiger partial charge in [0, 0.05) is 13.7 Å². The first-order valence-corrected chi connectivity index (χ1v) is 6.61. The Morgan fingerprint density at radius 2 is 1.95 bits per heavy atom. The zero-order valence-electron chi connectivity index (χ0n) is 12.3. The molecule has 0 unspecified atom stereocenters. The topological polar surface area (TPSA) is 81.9 Å². The van der Waals surface area contributed by atoms with Crippen LogP contribution >= 0.6 is 0 Å². The van der Waals surface area contributed by atoms with Gasteiger partial charge in [0.2, 0.25) is 5.91 Å². The van der Waals surface area contributed by atoms with E-state index in [4.69, 9.17) is 15.2 Å². The SMILES string of the molecule is CCOC(=O)CN(CCOC)C(=O)[C@@H](N)CC(C)C. The van der Waals surface area contributed by atoms with Crippen molar-refractivity contribution in [2.45, 2.75) is 33.2 Å². The van der Waals surface area contributed by atoms with Crippen LogP contribution in [0.25, 0.3) is 0 Å². The minimum Gasteiger partial charge on any atom is -0.465 e. The zero-order chi connectivity index (χ0) is 14.8. The number of nitrogens with two attached hydrogens (primary N) is 1. The minimum absolute atomic E-state index is 0.0815. The number of esters is 1. The van der Waals surface area contributed by atoms with E-state index in [1.807, 2.05) is 13.8 Å². The molecule has 0 aromatic rings. The van der Waals surface area contributed by atoms with Gasteiger partial charge in [-0.1, -0.05) is 13.8 Å². The van der Waals surface area contributed by atoms with Crippen molar-refractivity contribution in [3.05, 3.63) is 0 Å². The number of hydrogen-bond acceptors (Lipinski definition) is 5. The second-order valence-electron chi connectivity index (χ2n) is 4.79. The number of hydrogen-bond donors (Lipinski definition) is 1. The third-order valence-electron chi connectivity index (χ3n) is 2.54. The van der Waals surface area contributed by atoms with E-state index in [0.29, 0.717) is 32.1 Å². The molecular weight excluding hydrogens is 248 g/mol. The maximum atomic E-state index is 12.2. The van der Waals surface area contributed by atoms with Crippen LogP contribution in [0.3, 0.4) is 0 Å². The lowest BCUT2D eigenvalue weighted by Crippen LogP contribution is -2.47. The molecule has 2 N–H and O–H groups in total. The highest BCUT2D eigenvalue weighted by molar-refractivity contribution is 5.85. The molecule has 6 heteroatoms. The lowest BCUT2D eigenvalue weighted by atomic mass is 10.0. The first-order chi connectivity index (χ1) is 8.92. The lowest BCUT2D eigenvalue weighted by Gasteiger charge is -2.25. The molecule has 6 nitrogen and oxygen atoms in total. The molecule has 0 aliphatic heterocycles. The fraction of sp³-hybridized carbons (Fsp3) is 0.846. The fourth-order valence-corrected chi connectivity index (χ4v) is 1.67. The van der Waals surface area contributed by atoms with Gasteiger partial charge in [0.1, 0.15) is 6.54 Å². The Morgan fingerprint density at radius 1 is 1.32 bits per heavy atom. The van der Waals surface area contributed by atoms with E-state index in [0.717, 1.165) is 0 Å². The molecule has 1 atom stereocenters. The van der Waals surface area contributed by atoms with Crippen LogP contribution in [0.15, 0.2) is 0 Å². The summed E-state index contributed by atoms with van der Waals surface area (Å²) in [6, 6.07) is -0.591. The highest BCUT2D eigenvalue weighted by Gasteiger charge is 2.23. The molecule has 0 aromatic carbocycles. The second kappa shape index (κ2) is 9.75. The number of rotatable bonds is 9. The maximum Gasteiger partial charge on any atom is 0.325 e. The summed E-state index contributed by atoms with van der Waals surface area (Å²) >= 11 is 0. The second-order valence-corrected chi connectivity index (χ2v) is 4.79. The van der Waals surface area contributed by atoms with E-state index in [9.17, 15) is 9.59 Å². The molecule has 0 fully saturated rings. The van der Waals surface area contributed by atoms with Crippen molar-refractivity contribution < 1.29 is 19.1 Å². The van der Waals surface area contributed by atoms with Crippen molar-refractivity contribution in [2.75, 3.05) is 33.4 Å². The first kappa shape index (κ1) is 17.9. The summed E-state index contributed by atoms with van der Waals surface area (Å²) in [4.78, 5) is 25.0. The Balaban J connectivity index is 4.53. The van der Waals surface area contributed by atoms with Crippen molar-refractivity contribution in [1.29, 1.82) is 0 Å². The Hall–Kier alpha value is -1.14. The molecule has 112 valence electrons. The van der Waals surface area contributed by atoms with Gasteiger partial charge in [-0.25, -0.2) is 0 Å². The van der Waals surface area contributed by atoms with Gasteiger partial charge >= 0.3 is 5.97 Å². The highest BCUT2D eigenvalue weighted by Crippen LogP contribution is 2.06. The Morgan fingerprint density at radius 3 is 2.42 bits per heavy atom. The fourth-order valence-electron chi connectivity index (χ4n) is 1.67. The first-order valence-electron chi connectivity index (χ1n) is 6.61. The van der Waals surface area contributed by atoms with Crippen LogP contribution in [0.4, 0.5) is 0 Å². The summed E-state index contributed by atoms with van der Waals surface area (Å²) in [6.07, 6.45) is 0.588. The van der Waals surface area contributed by atoms with E-state index in [2.05, 4.69) is 0 Å². The van der Waals surface area contributed by atoms with Crippen LogP contribution in [0.5, 0.6) is 0 Å². The molecule has 0 saturated heterocycles. The smallest absolute Gasteiger partial charge is 0.325 e. The normalized spacial score (nSPS) is 12.3. The van der Waals surface area contributed by atoms with Crippen molar-refractivity contribution >= 4 is 11.9 Å². The number of amides is 1. The lowest BCUT2D eigenvalue weighted by molar-refractivity contribution is -0.149. The highest BCUT2D eigenvalue weighted by atomic mass is 16.5. The molecular formula is C13H26N2O4. The number of carbonyl (C=O) groups is 2. The van der Waals surface area contributed by atoms with E-state index in [1.54, 1.807) is 14.0 Å². The summed E-state index contributed by atoms with van der Waals surface area (Å²) in [6.45, 7) is 6.63. The van der Waals surface area contributed by atoms with Gasteiger partial charge in [-0.2, -0.15) is 0 Å². The number of methoxy groups -OCH3 is 1. The quantitative estimate of drug-likeness (QED) is 0.615. The molecule has 0 rings (SSSR count). The summed E-state index contributed by atoms with van der Waals surface area (Å²) in [5, 5.41) is 0. The Labute approximate surface area is 115 Å².